The molecule has 8 heteroatoms. The van der Waals surface area contributed by atoms with Crippen LogP contribution in [0.5, 0.6) is 17.2 Å². The number of anilines is 1. The van der Waals surface area contributed by atoms with E-state index >= 15 is 0 Å². The monoisotopic (exact) mass is 370 g/mol. The summed E-state index contributed by atoms with van der Waals surface area (Å²) in [5.74, 6) is 7.64. The van der Waals surface area contributed by atoms with Crippen molar-refractivity contribution < 1.29 is 14.2 Å². The van der Waals surface area contributed by atoms with Crippen LogP contribution in [0.2, 0.25) is 0 Å². The van der Waals surface area contributed by atoms with E-state index in [2.05, 4.69) is 10.4 Å². The van der Waals surface area contributed by atoms with Crippen LogP contribution in [0.15, 0.2) is 41.2 Å². The highest BCUT2D eigenvalue weighted by Gasteiger charge is 2.14. The molecular formula is C19H22N4O4. The average molecular weight is 370 g/mol. The van der Waals surface area contributed by atoms with E-state index in [-0.39, 0.29) is 11.5 Å². The lowest BCUT2D eigenvalue weighted by Gasteiger charge is -2.14. The summed E-state index contributed by atoms with van der Waals surface area (Å²) in [7, 11) is 4.68. The smallest absolute Gasteiger partial charge is 0.262 e. The van der Waals surface area contributed by atoms with Crippen molar-refractivity contribution in [1.82, 2.24) is 9.55 Å². The molecule has 8 nitrogen and oxygen atoms in total. The standard InChI is InChI=1S/C19H22N4O4/c1-25-13-6-4-12(5-7-13)8-9-23-18(24)14-10-16(26-2)17(27-3)11-15(14)21-19(23)22-20/h4-7,10-11H,8-9,20H2,1-3H3,(H,21,22). The number of hydrazine groups is 1. The maximum absolute atomic E-state index is 13.0. The summed E-state index contributed by atoms with van der Waals surface area (Å²) in [5.41, 5.74) is 3.85. The van der Waals surface area contributed by atoms with Crippen molar-refractivity contribution in [2.24, 2.45) is 5.84 Å². The number of aromatic nitrogens is 2. The molecule has 1 heterocycles. The van der Waals surface area contributed by atoms with Crippen LogP contribution in [0.4, 0.5) is 5.95 Å². The molecule has 2 aromatic carbocycles. The lowest BCUT2D eigenvalue weighted by molar-refractivity contribution is 0.355. The number of hydrogen-bond donors (Lipinski definition) is 2. The number of nitrogens with two attached hydrogens (primary N) is 1. The van der Waals surface area contributed by atoms with Crippen molar-refractivity contribution in [2.45, 2.75) is 13.0 Å². The molecule has 0 aliphatic carbocycles. The molecule has 1 aromatic heterocycles. The second-order valence-corrected chi connectivity index (χ2v) is 5.86. The Balaban J connectivity index is 2.00. The van der Waals surface area contributed by atoms with E-state index in [1.807, 2.05) is 24.3 Å². The summed E-state index contributed by atoms with van der Waals surface area (Å²) in [6, 6.07) is 11.0. The molecule has 3 rings (SSSR count). The van der Waals surface area contributed by atoms with Crippen molar-refractivity contribution >= 4 is 16.9 Å². The number of hydrogen-bond acceptors (Lipinski definition) is 7. The molecule has 0 aliphatic heterocycles. The number of aryl methyl sites for hydroxylation is 1. The number of methoxy groups -OCH3 is 3. The van der Waals surface area contributed by atoms with E-state index in [0.29, 0.717) is 35.4 Å². The Morgan fingerprint density at radius 3 is 2.30 bits per heavy atom. The maximum atomic E-state index is 13.0. The number of nitrogens with zero attached hydrogens (tertiary/aromatic N) is 2. The van der Waals surface area contributed by atoms with Crippen LogP contribution in [0.3, 0.4) is 0 Å². The SMILES string of the molecule is COc1ccc(CCn2c(NN)nc3cc(OC)c(OC)cc3c2=O)cc1. The zero-order valence-corrected chi connectivity index (χ0v) is 15.5. The predicted octanol–water partition coefficient (Wildman–Crippen LogP) is 1.95. The number of benzene rings is 2. The minimum atomic E-state index is -0.206. The molecular weight excluding hydrogens is 348 g/mol. The molecule has 0 saturated heterocycles. The summed E-state index contributed by atoms with van der Waals surface area (Å²) < 4.78 is 17.2. The summed E-state index contributed by atoms with van der Waals surface area (Å²) in [4.78, 5) is 17.5. The highest BCUT2D eigenvalue weighted by atomic mass is 16.5. The van der Waals surface area contributed by atoms with E-state index in [1.165, 1.54) is 18.8 Å². The van der Waals surface area contributed by atoms with Crippen molar-refractivity contribution in [3.8, 4) is 17.2 Å². The van der Waals surface area contributed by atoms with Crippen LogP contribution in [-0.4, -0.2) is 30.9 Å². The van der Waals surface area contributed by atoms with Gasteiger partial charge in [0.05, 0.1) is 32.2 Å². The molecule has 0 bridgehead atoms. The molecule has 27 heavy (non-hydrogen) atoms. The van der Waals surface area contributed by atoms with Gasteiger partial charge >= 0.3 is 0 Å². The van der Waals surface area contributed by atoms with Gasteiger partial charge in [0.2, 0.25) is 5.95 Å². The molecule has 0 spiro atoms. The fraction of sp³-hybridized carbons (Fsp3) is 0.263. The van der Waals surface area contributed by atoms with Gasteiger partial charge in [-0.3, -0.25) is 14.8 Å². The molecule has 0 aliphatic rings. The Hall–Kier alpha value is -3.26. The predicted molar refractivity (Wildman–Crippen MR) is 104 cm³/mol. The van der Waals surface area contributed by atoms with Gasteiger partial charge < -0.3 is 14.2 Å². The van der Waals surface area contributed by atoms with Gasteiger partial charge in [-0.05, 0) is 30.2 Å². The summed E-state index contributed by atoms with van der Waals surface area (Å²) in [5, 5.41) is 0.432. The van der Waals surface area contributed by atoms with Gasteiger partial charge in [-0.15, -0.1) is 0 Å². The molecule has 0 atom stereocenters. The minimum absolute atomic E-state index is 0.206. The molecule has 3 aromatic rings. The summed E-state index contributed by atoms with van der Waals surface area (Å²) in [6.07, 6.45) is 0.638. The molecule has 3 N–H and O–H groups in total. The molecule has 0 fully saturated rings. The summed E-state index contributed by atoms with van der Waals surface area (Å²) >= 11 is 0. The average Bonchev–Trinajstić information content (AvgIpc) is 2.72. The topological polar surface area (TPSA) is 101 Å². The largest absolute Gasteiger partial charge is 0.497 e. The number of fused-ring (bicyclic) bond motifs is 1. The first-order chi connectivity index (χ1) is 13.1. The third-order valence-corrected chi connectivity index (χ3v) is 4.37. The molecule has 0 saturated carbocycles. The van der Waals surface area contributed by atoms with Crippen LogP contribution in [-0.2, 0) is 13.0 Å². The Morgan fingerprint density at radius 1 is 1.04 bits per heavy atom. The van der Waals surface area contributed by atoms with Crippen LogP contribution in [0.1, 0.15) is 5.56 Å². The first-order valence-electron chi connectivity index (χ1n) is 8.37. The van der Waals surface area contributed by atoms with Crippen LogP contribution in [0, 0.1) is 0 Å². The minimum Gasteiger partial charge on any atom is -0.497 e. The van der Waals surface area contributed by atoms with Gasteiger partial charge in [0.15, 0.2) is 11.5 Å². The van der Waals surface area contributed by atoms with E-state index in [9.17, 15) is 4.79 Å². The number of nitrogen functional groups attached to an aromatic ring is 1. The lowest BCUT2D eigenvalue weighted by Crippen LogP contribution is -2.28. The lowest BCUT2D eigenvalue weighted by atomic mass is 10.1. The normalized spacial score (nSPS) is 10.7. The maximum Gasteiger partial charge on any atom is 0.262 e. The highest BCUT2D eigenvalue weighted by molar-refractivity contribution is 5.82. The second kappa shape index (κ2) is 7.96. The van der Waals surface area contributed by atoms with Crippen LogP contribution < -0.4 is 31.0 Å². The van der Waals surface area contributed by atoms with Crippen molar-refractivity contribution in [1.29, 1.82) is 0 Å². The second-order valence-electron chi connectivity index (χ2n) is 5.86. The van der Waals surface area contributed by atoms with Gasteiger partial charge in [0.25, 0.3) is 5.56 Å². The van der Waals surface area contributed by atoms with Gasteiger partial charge in [0, 0.05) is 12.6 Å². The van der Waals surface area contributed by atoms with Gasteiger partial charge in [-0.2, -0.15) is 0 Å². The number of rotatable bonds is 7. The van der Waals surface area contributed by atoms with E-state index < -0.39 is 0 Å². The van der Waals surface area contributed by atoms with Crippen LogP contribution in [0.25, 0.3) is 10.9 Å². The number of ether oxygens (including phenoxy) is 3. The van der Waals surface area contributed by atoms with Crippen molar-refractivity contribution in [3.05, 3.63) is 52.3 Å². The summed E-state index contributed by atoms with van der Waals surface area (Å²) in [6.45, 7) is 0.419. The first kappa shape index (κ1) is 18.5. The van der Waals surface area contributed by atoms with E-state index in [1.54, 1.807) is 19.2 Å². The number of nitrogens with one attached hydrogen (secondary N) is 1. The Bertz CT molecular complexity index is 999. The molecule has 142 valence electrons. The Kier molecular flexibility index (Phi) is 5.46. The first-order valence-corrected chi connectivity index (χ1v) is 8.37. The van der Waals surface area contributed by atoms with Crippen molar-refractivity contribution in [3.63, 3.8) is 0 Å². The Labute approximate surface area is 156 Å². The molecule has 0 amide bonds. The zero-order chi connectivity index (χ0) is 19.4. The van der Waals surface area contributed by atoms with Gasteiger partial charge in [0.1, 0.15) is 5.75 Å². The Morgan fingerprint density at radius 2 is 1.70 bits per heavy atom. The molecule has 0 radical (unpaired) electrons. The quantitative estimate of drug-likeness (QED) is 0.484. The zero-order valence-electron chi connectivity index (χ0n) is 15.5. The van der Waals surface area contributed by atoms with E-state index in [4.69, 9.17) is 20.1 Å². The third kappa shape index (κ3) is 3.65. The third-order valence-electron chi connectivity index (χ3n) is 4.37. The van der Waals surface area contributed by atoms with Gasteiger partial charge in [-0.1, -0.05) is 12.1 Å². The fourth-order valence-electron chi connectivity index (χ4n) is 2.90. The van der Waals surface area contributed by atoms with Crippen molar-refractivity contribution in [2.75, 3.05) is 26.8 Å². The fourth-order valence-corrected chi connectivity index (χ4v) is 2.90. The van der Waals surface area contributed by atoms with Crippen LogP contribution >= 0.6 is 0 Å². The van der Waals surface area contributed by atoms with Gasteiger partial charge in [-0.25, -0.2) is 10.8 Å². The van der Waals surface area contributed by atoms with E-state index in [0.717, 1.165) is 11.3 Å². The highest BCUT2D eigenvalue weighted by Crippen LogP contribution is 2.30. The molecule has 0 unspecified atom stereocenters.